The number of aromatic nitrogens is 2. The maximum absolute atomic E-state index is 14.8. The molecule has 3 rings (SSSR count). The Balaban J connectivity index is 1.73. The fraction of sp³-hybridized carbons (Fsp3) is 0.353. The van der Waals surface area contributed by atoms with Gasteiger partial charge in [0.1, 0.15) is 12.0 Å². The predicted molar refractivity (Wildman–Crippen MR) is 90.3 cm³/mol. The van der Waals surface area contributed by atoms with Crippen LogP contribution in [0.25, 0.3) is 11.3 Å². The molecule has 1 aromatic carbocycles. The van der Waals surface area contributed by atoms with E-state index in [2.05, 4.69) is 15.3 Å². The molecule has 1 fully saturated rings. The second-order valence-corrected chi connectivity index (χ2v) is 5.73. The molecule has 24 heavy (non-hydrogen) atoms. The Morgan fingerprint density at radius 3 is 2.71 bits per heavy atom. The molecule has 0 atom stereocenters. The number of carbonyl (C=O) groups is 1. The lowest BCUT2D eigenvalue weighted by atomic mass is 10.1. The summed E-state index contributed by atoms with van der Waals surface area (Å²) >= 11 is 0. The molecule has 1 N–H and O–H groups in total. The summed E-state index contributed by atoms with van der Waals surface area (Å²) in [6.45, 7) is 3.56. The van der Waals surface area contributed by atoms with Gasteiger partial charge in [-0.05, 0) is 6.92 Å². The van der Waals surface area contributed by atoms with Crippen LogP contribution in [0.15, 0.2) is 36.7 Å². The molecule has 0 radical (unpaired) electrons. The molecule has 0 saturated carbocycles. The Morgan fingerprint density at radius 2 is 2.04 bits per heavy atom. The van der Waals surface area contributed by atoms with Crippen LogP contribution >= 0.6 is 0 Å². The fourth-order valence-electron chi connectivity index (χ4n) is 2.69. The zero-order valence-electron chi connectivity index (χ0n) is 13.7. The van der Waals surface area contributed by atoms with E-state index in [1.807, 2.05) is 42.2 Å². The maximum Gasteiger partial charge on any atom is 0.317 e. The molecule has 126 valence electrons. The number of amides is 2. The van der Waals surface area contributed by atoms with E-state index in [1.54, 1.807) is 11.9 Å². The van der Waals surface area contributed by atoms with Gasteiger partial charge in [0.2, 0.25) is 0 Å². The summed E-state index contributed by atoms with van der Waals surface area (Å²) < 4.78 is 14.8. The van der Waals surface area contributed by atoms with E-state index in [4.69, 9.17) is 0 Å². The van der Waals surface area contributed by atoms with Crippen molar-refractivity contribution in [2.45, 2.75) is 13.0 Å². The highest BCUT2D eigenvalue weighted by Gasteiger charge is 2.35. The number of urea groups is 1. The normalized spacial score (nSPS) is 14.2. The second-order valence-electron chi connectivity index (χ2n) is 5.73. The molecule has 2 heterocycles. The van der Waals surface area contributed by atoms with E-state index in [0.717, 1.165) is 5.56 Å². The largest absolute Gasteiger partial charge is 0.350 e. The zero-order chi connectivity index (χ0) is 17.1. The number of likely N-dealkylation sites (N-methyl/N-ethyl adjacent to an activating group) is 1. The van der Waals surface area contributed by atoms with Gasteiger partial charge >= 0.3 is 6.03 Å². The molecule has 7 heteroatoms. The van der Waals surface area contributed by atoms with Gasteiger partial charge < -0.3 is 15.1 Å². The van der Waals surface area contributed by atoms with E-state index < -0.39 is 5.82 Å². The first-order valence-corrected chi connectivity index (χ1v) is 7.93. The second kappa shape index (κ2) is 6.82. The monoisotopic (exact) mass is 329 g/mol. The van der Waals surface area contributed by atoms with Crippen molar-refractivity contribution in [2.75, 3.05) is 31.6 Å². The minimum absolute atomic E-state index is 0.0473. The minimum atomic E-state index is -0.428. The predicted octanol–water partition coefficient (Wildman–Crippen LogP) is 2.13. The first-order chi connectivity index (χ1) is 11.6. The van der Waals surface area contributed by atoms with Gasteiger partial charge in [-0.3, -0.25) is 0 Å². The van der Waals surface area contributed by atoms with Crippen molar-refractivity contribution < 1.29 is 9.18 Å². The molecule has 2 amide bonds. The molecular formula is C17H20FN5O. The molecule has 6 nitrogen and oxygen atoms in total. The Morgan fingerprint density at radius 1 is 1.33 bits per heavy atom. The molecule has 0 aliphatic carbocycles. The number of hydrogen-bond donors (Lipinski definition) is 1. The summed E-state index contributed by atoms with van der Waals surface area (Å²) in [5, 5.41) is 2.76. The first kappa shape index (κ1) is 16.2. The maximum atomic E-state index is 14.8. The van der Waals surface area contributed by atoms with E-state index in [1.165, 1.54) is 6.33 Å². The molecular weight excluding hydrogens is 309 g/mol. The lowest BCUT2D eigenvalue weighted by Crippen LogP contribution is -2.61. The van der Waals surface area contributed by atoms with Gasteiger partial charge in [0.05, 0.1) is 6.04 Å². The number of halogens is 1. The number of hydrogen-bond acceptors (Lipinski definition) is 4. The topological polar surface area (TPSA) is 61.4 Å². The van der Waals surface area contributed by atoms with Crippen molar-refractivity contribution in [3.05, 3.63) is 42.5 Å². The SMILES string of the molecule is CCNC(=O)N(C)C1CN(c2ncnc(-c3ccccc3)c2F)C1. The Kier molecular flexibility index (Phi) is 4.59. The van der Waals surface area contributed by atoms with Gasteiger partial charge in [-0.15, -0.1) is 0 Å². The van der Waals surface area contributed by atoms with Crippen LogP contribution in [0.2, 0.25) is 0 Å². The van der Waals surface area contributed by atoms with E-state index in [0.29, 0.717) is 25.3 Å². The van der Waals surface area contributed by atoms with Crippen LogP contribution in [0, 0.1) is 5.82 Å². The van der Waals surface area contributed by atoms with Crippen molar-refractivity contribution in [1.29, 1.82) is 0 Å². The van der Waals surface area contributed by atoms with Crippen molar-refractivity contribution in [3.63, 3.8) is 0 Å². The van der Waals surface area contributed by atoms with Gasteiger partial charge in [-0.2, -0.15) is 0 Å². The smallest absolute Gasteiger partial charge is 0.317 e. The highest BCUT2D eigenvalue weighted by molar-refractivity contribution is 5.74. The first-order valence-electron chi connectivity index (χ1n) is 7.93. The summed E-state index contributed by atoms with van der Waals surface area (Å²) in [6, 6.07) is 9.13. The van der Waals surface area contributed by atoms with Crippen molar-refractivity contribution in [2.24, 2.45) is 0 Å². The lowest BCUT2D eigenvalue weighted by molar-refractivity contribution is 0.178. The Hall–Kier alpha value is -2.70. The van der Waals surface area contributed by atoms with Gasteiger partial charge in [-0.25, -0.2) is 19.2 Å². The van der Waals surface area contributed by atoms with Gasteiger partial charge in [0.15, 0.2) is 11.6 Å². The van der Waals surface area contributed by atoms with Crippen LogP contribution in [0.4, 0.5) is 15.0 Å². The van der Waals surface area contributed by atoms with Crippen LogP contribution in [0.5, 0.6) is 0 Å². The standard InChI is InChI=1S/C17H20FN5O/c1-3-19-17(24)22(2)13-9-23(10-13)16-14(18)15(20-11-21-16)12-7-5-4-6-8-12/h4-8,11,13H,3,9-10H2,1-2H3,(H,19,24). The molecule has 2 aromatic rings. The van der Waals surface area contributed by atoms with Crippen molar-refractivity contribution >= 4 is 11.8 Å². The number of nitrogens with zero attached hydrogens (tertiary/aromatic N) is 4. The Labute approximate surface area is 140 Å². The fourth-order valence-corrected chi connectivity index (χ4v) is 2.69. The number of anilines is 1. The molecule has 1 aliphatic rings. The number of nitrogens with one attached hydrogen (secondary N) is 1. The van der Waals surface area contributed by atoms with Crippen LogP contribution < -0.4 is 10.2 Å². The average Bonchev–Trinajstić information content (AvgIpc) is 2.56. The number of rotatable bonds is 4. The lowest BCUT2D eigenvalue weighted by Gasteiger charge is -2.44. The third-order valence-electron chi connectivity index (χ3n) is 4.18. The molecule has 0 unspecified atom stereocenters. The highest BCUT2D eigenvalue weighted by Crippen LogP contribution is 2.29. The van der Waals surface area contributed by atoms with Crippen molar-refractivity contribution in [3.8, 4) is 11.3 Å². The van der Waals surface area contributed by atoms with Gasteiger partial charge in [0.25, 0.3) is 0 Å². The van der Waals surface area contributed by atoms with Gasteiger partial charge in [-0.1, -0.05) is 30.3 Å². The summed E-state index contributed by atoms with van der Waals surface area (Å²) in [5.74, 6) is -0.146. The van der Waals surface area contributed by atoms with E-state index in [-0.39, 0.29) is 17.9 Å². The van der Waals surface area contributed by atoms with Crippen LogP contribution in [-0.4, -0.2) is 53.6 Å². The highest BCUT2D eigenvalue weighted by atomic mass is 19.1. The molecule has 1 aliphatic heterocycles. The number of benzene rings is 1. The van der Waals surface area contributed by atoms with Crippen LogP contribution in [0.3, 0.4) is 0 Å². The number of carbonyl (C=O) groups excluding carboxylic acids is 1. The third kappa shape index (κ3) is 3.02. The van der Waals surface area contributed by atoms with E-state index >= 15 is 0 Å². The Bertz CT molecular complexity index is 718. The summed E-state index contributed by atoms with van der Waals surface area (Å²) in [7, 11) is 1.75. The summed E-state index contributed by atoms with van der Waals surface area (Å²) in [6.07, 6.45) is 1.38. The van der Waals surface area contributed by atoms with Crippen molar-refractivity contribution in [1.82, 2.24) is 20.2 Å². The molecule has 1 aromatic heterocycles. The van der Waals surface area contributed by atoms with E-state index in [9.17, 15) is 9.18 Å². The molecule has 0 bridgehead atoms. The molecule has 0 spiro atoms. The minimum Gasteiger partial charge on any atom is -0.350 e. The quantitative estimate of drug-likeness (QED) is 0.933. The van der Waals surface area contributed by atoms with Gasteiger partial charge in [0, 0.05) is 32.2 Å². The average molecular weight is 329 g/mol. The zero-order valence-corrected chi connectivity index (χ0v) is 13.7. The third-order valence-corrected chi connectivity index (χ3v) is 4.18. The van der Waals surface area contributed by atoms with Crippen LogP contribution in [-0.2, 0) is 0 Å². The van der Waals surface area contributed by atoms with Crippen LogP contribution in [0.1, 0.15) is 6.92 Å². The molecule has 1 saturated heterocycles. The summed E-state index contributed by atoms with van der Waals surface area (Å²) in [4.78, 5) is 23.4. The summed E-state index contributed by atoms with van der Waals surface area (Å²) in [5.41, 5.74) is 1.01.